The molecule has 0 bridgehead atoms. The van der Waals surface area contributed by atoms with Crippen LogP contribution in [0.3, 0.4) is 0 Å². The average Bonchev–Trinajstić information content (AvgIpc) is 2.97. The van der Waals surface area contributed by atoms with E-state index in [0.29, 0.717) is 18.5 Å². The molecule has 1 heterocycles. The van der Waals surface area contributed by atoms with Crippen LogP contribution in [0.2, 0.25) is 0 Å². The van der Waals surface area contributed by atoms with E-state index in [9.17, 15) is 13.2 Å². The van der Waals surface area contributed by atoms with Crippen molar-refractivity contribution in [3.8, 4) is 0 Å². The second-order valence-electron chi connectivity index (χ2n) is 6.02. The summed E-state index contributed by atoms with van der Waals surface area (Å²) >= 11 is 0. The first-order chi connectivity index (χ1) is 11.3. The van der Waals surface area contributed by atoms with Gasteiger partial charge in [0.05, 0.1) is 4.90 Å². The lowest BCUT2D eigenvalue weighted by Gasteiger charge is -2.19. The summed E-state index contributed by atoms with van der Waals surface area (Å²) < 4.78 is 26.2. The molecule has 0 unspecified atom stereocenters. The lowest BCUT2D eigenvalue weighted by molar-refractivity contribution is 0.0989. The number of carbonyl (C=O) groups excluding carboxylic acids is 1. The average molecular weight is 344 g/mol. The van der Waals surface area contributed by atoms with Gasteiger partial charge in [-0.15, -0.1) is 0 Å². The maximum Gasteiger partial charge on any atom is 0.258 e. The summed E-state index contributed by atoms with van der Waals surface area (Å²) in [6, 6.07) is 10.7. The van der Waals surface area contributed by atoms with E-state index in [2.05, 4.69) is 4.72 Å². The second kappa shape index (κ2) is 6.03. The number of fused-ring (bicyclic) bond motifs is 1. The van der Waals surface area contributed by atoms with Gasteiger partial charge < -0.3 is 4.90 Å². The molecule has 0 spiro atoms. The zero-order valence-corrected chi connectivity index (χ0v) is 14.8. The van der Waals surface area contributed by atoms with Gasteiger partial charge in [0.1, 0.15) is 0 Å². The van der Waals surface area contributed by atoms with Gasteiger partial charge in [0.2, 0.25) is 10.0 Å². The molecular weight excluding hydrogens is 324 g/mol. The van der Waals surface area contributed by atoms with Crippen LogP contribution in [0.4, 0.5) is 5.69 Å². The third kappa shape index (κ3) is 2.83. The molecule has 0 atom stereocenters. The van der Waals surface area contributed by atoms with E-state index in [0.717, 1.165) is 22.4 Å². The molecule has 0 saturated heterocycles. The Morgan fingerprint density at radius 3 is 2.54 bits per heavy atom. The Hall–Kier alpha value is -2.18. The summed E-state index contributed by atoms with van der Waals surface area (Å²) in [5.74, 6) is -0.0459. The largest absolute Gasteiger partial charge is 0.308 e. The van der Waals surface area contributed by atoms with E-state index < -0.39 is 10.0 Å². The van der Waals surface area contributed by atoms with E-state index in [-0.39, 0.29) is 10.8 Å². The molecule has 0 saturated carbocycles. The first-order valence-corrected chi connectivity index (χ1v) is 9.27. The van der Waals surface area contributed by atoms with E-state index in [4.69, 9.17) is 0 Å². The van der Waals surface area contributed by atoms with Crippen molar-refractivity contribution in [2.75, 3.05) is 18.5 Å². The van der Waals surface area contributed by atoms with Crippen LogP contribution in [0.5, 0.6) is 0 Å². The fraction of sp³-hybridized carbons (Fsp3) is 0.278. The van der Waals surface area contributed by atoms with Gasteiger partial charge in [0, 0.05) is 17.8 Å². The summed E-state index contributed by atoms with van der Waals surface area (Å²) in [4.78, 5) is 14.8. The van der Waals surface area contributed by atoms with Crippen molar-refractivity contribution < 1.29 is 13.2 Å². The number of nitrogens with one attached hydrogen (secondary N) is 1. The normalized spacial score (nSPS) is 13.9. The highest BCUT2D eigenvalue weighted by molar-refractivity contribution is 7.89. The summed E-state index contributed by atoms with van der Waals surface area (Å²) in [5.41, 5.74) is 4.41. The van der Waals surface area contributed by atoms with Crippen LogP contribution in [0.1, 0.15) is 27.0 Å². The Bertz CT molecular complexity index is 920. The molecule has 1 aliphatic heterocycles. The molecule has 0 aromatic heterocycles. The number of carbonyl (C=O) groups is 1. The van der Waals surface area contributed by atoms with Crippen LogP contribution < -0.4 is 9.62 Å². The van der Waals surface area contributed by atoms with Crippen molar-refractivity contribution >= 4 is 21.6 Å². The first kappa shape index (κ1) is 16.7. The smallest absolute Gasteiger partial charge is 0.258 e. The molecule has 1 amide bonds. The molecule has 2 aromatic rings. The van der Waals surface area contributed by atoms with E-state index >= 15 is 0 Å². The zero-order chi connectivity index (χ0) is 17.5. The third-order valence-electron chi connectivity index (χ3n) is 4.38. The predicted octanol–water partition coefficient (Wildman–Crippen LogP) is 2.41. The number of benzene rings is 2. The molecule has 3 rings (SSSR count). The highest BCUT2D eigenvalue weighted by Gasteiger charge is 2.27. The molecule has 1 N–H and O–H groups in total. The number of aryl methyl sites for hydroxylation is 2. The zero-order valence-electron chi connectivity index (χ0n) is 14.0. The molecule has 0 radical (unpaired) electrons. The van der Waals surface area contributed by atoms with Gasteiger partial charge >= 0.3 is 0 Å². The van der Waals surface area contributed by atoms with Gasteiger partial charge in [0.25, 0.3) is 5.91 Å². The number of sulfonamides is 1. The summed E-state index contributed by atoms with van der Waals surface area (Å²) in [7, 11) is -2.09. The molecule has 6 heteroatoms. The van der Waals surface area contributed by atoms with Crippen molar-refractivity contribution in [3.05, 3.63) is 58.7 Å². The number of nitrogens with zero attached hydrogens (tertiary/aromatic N) is 1. The van der Waals surface area contributed by atoms with Gasteiger partial charge in [0.15, 0.2) is 0 Å². The molecule has 2 aromatic carbocycles. The van der Waals surface area contributed by atoms with Gasteiger partial charge in [-0.2, -0.15) is 0 Å². The predicted molar refractivity (Wildman–Crippen MR) is 94.0 cm³/mol. The van der Waals surface area contributed by atoms with Crippen LogP contribution >= 0.6 is 0 Å². The maximum absolute atomic E-state index is 12.9. The number of rotatable bonds is 3. The minimum absolute atomic E-state index is 0.0459. The van der Waals surface area contributed by atoms with E-state index in [1.165, 1.54) is 13.1 Å². The number of hydrogen-bond acceptors (Lipinski definition) is 3. The minimum atomic E-state index is -3.47. The van der Waals surface area contributed by atoms with Gasteiger partial charge in [-0.25, -0.2) is 13.1 Å². The summed E-state index contributed by atoms with van der Waals surface area (Å²) in [6.45, 7) is 4.49. The lowest BCUT2D eigenvalue weighted by Crippen LogP contribution is -2.29. The second-order valence-corrected chi connectivity index (χ2v) is 7.91. The Balaban J connectivity index is 1.96. The maximum atomic E-state index is 12.9. The van der Waals surface area contributed by atoms with E-state index in [1.807, 2.05) is 32.0 Å². The standard InChI is InChI=1S/C18H20N2O3S/c1-12-4-6-16(13(2)10-12)18(21)20-9-8-14-11-15(5-7-17(14)20)24(22,23)19-3/h4-7,10-11,19H,8-9H2,1-3H3. The highest BCUT2D eigenvalue weighted by atomic mass is 32.2. The number of amides is 1. The Morgan fingerprint density at radius 1 is 1.12 bits per heavy atom. The quantitative estimate of drug-likeness (QED) is 0.930. The highest BCUT2D eigenvalue weighted by Crippen LogP contribution is 2.31. The van der Waals surface area contributed by atoms with Gasteiger partial charge in [-0.05, 0) is 62.7 Å². The minimum Gasteiger partial charge on any atom is -0.308 e. The molecule has 1 aliphatic rings. The fourth-order valence-corrected chi connectivity index (χ4v) is 3.85. The molecule has 5 nitrogen and oxygen atoms in total. The summed E-state index contributed by atoms with van der Waals surface area (Å²) in [5, 5.41) is 0. The SMILES string of the molecule is CNS(=O)(=O)c1ccc2c(c1)CCN2C(=O)c1ccc(C)cc1C. The monoisotopic (exact) mass is 344 g/mol. The van der Waals surface area contributed by atoms with Crippen LogP contribution in [0.15, 0.2) is 41.3 Å². The fourth-order valence-electron chi connectivity index (χ4n) is 3.07. The van der Waals surface area contributed by atoms with Crippen LogP contribution in [-0.4, -0.2) is 27.9 Å². The Labute approximate surface area is 142 Å². The van der Waals surface area contributed by atoms with Crippen LogP contribution in [0, 0.1) is 13.8 Å². The van der Waals surface area contributed by atoms with Gasteiger partial charge in [-0.3, -0.25) is 4.79 Å². The van der Waals surface area contributed by atoms with E-state index in [1.54, 1.807) is 17.0 Å². The van der Waals surface area contributed by atoms with Crippen molar-refractivity contribution in [3.63, 3.8) is 0 Å². The van der Waals surface area contributed by atoms with Crippen molar-refractivity contribution in [1.29, 1.82) is 0 Å². The Kier molecular flexibility index (Phi) is 4.19. The molecule has 0 aliphatic carbocycles. The van der Waals surface area contributed by atoms with Crippen LogP contribution in [0.25, 0.3) is 0 Å². The van der Waals surface area contributed by atoms with Gasteiger partial charge in [-0.1, -0.05) is 17.7 Å². The number of hydrogen-bond donors (Lipinski definition) is 1. The summed E-state index contributed by atoms with van der Waals surface area (Å²) in [6.07, 6.45) is 0.652. The van der Waals surface area contributed by atoms with Crippen molar-refractivity contribution in [2.24, 2.45) is 0 Å². The number of anilines is 1. The first-order valence-electron chi connectivity index (χ1n) is 7.79. The topological polar surface area (TPSA) is 66.5 Å². The molecule has 24 heavy (non-hydrogen) atoms. The molecular formula is C18H20N2O3S. The molecule has 126 valence electrons. The lowest BCUT2D eigenvalue weighted by atomic mass is 10.0. The Morgan fingerprint density at radius 2 is 1.88 bits per heavy atom. The van der Waals surface area contributed by atoms with Crippen molar-refractivity contribution in [2.45, 2.75) is 25.2 Å². The van der Waals surface area contributed by atoms with Crippen molar-refractivity contribution in [1.82, 2.24) is 4.72 Å². The molecule has 0 fully saturated rings. The third-order valence-corrected chi connectivity index (χ3v) is 5.79. The van der Waals surface area contributed by atoms with Crippen LogP contribution in [-0.2, 0) is 16.4 Å².